The predicted octanol–water partition coefficient (Wildman–Crippen LogP) is 3.82. The molecular weight excluding hydrogens is 376 g/mol. The molecule has 28 heavy (non-hydrogen) atoms. The molecule has 2 heterocycles. The summed E-state index contributed by atoms with van der Waals surface area (Å²) in [6.45, 7) is 7.78. The van der Waals surface area contributed by atoms with Crippen molar-refractivity contribution in [2.24, 2.45) is 17.3 Å². The Hall–Kier alpha value is -1.83. The van der Waals surface area contributed by atoms with Gasteiger partial charge >= 0.3 is 0 Å². The number of anilines is 1. The number of sulfonamides is 1. The number of aromatic nitrogens is 3. The summed E-state index contributed by atoms with van der Waals surface area (Å²) in [5, 5.41) is 8.11. The Labute approximate surface area is 166 Å². The number of hydrogen-bond donors (Lipinski definition) is 1. The molecule has 0 radical (unpaired) electrons. The molecule has 2 aromatic rings. The number of fused-ring (bicyclic) bond motifs is 1. The van der Waals surface area contributed by atoms with E-state index in [1.165, 1.54) is 19.3 Å². The number of pyridine rings is 1. The zero-order valence-electron chi connectivity index (χ0n) is 17.1. The van der Waals surface area contributed by atoms with Crippen LogP contribution in [-0.2, 0) is 10.0 Å². The van der Waals surface area contributed by atoms with E-state index >= 15 is 0 Å². The normalized spacial score (nSPS) is 25.0. The molecule has 2 aliphatic rings. The van der Waals surface area contributed by atoms with Crippen LogP contribution >= 0.6 is 0 Å². The predicted molar refractivity (Wildman–Crippen MR) is 109 cm³/mol. The maximum absolute atomic E-state index is 11.6. The van der Waals surface area contributed by atoms with E-state index in [1.807, 2.05) is 12.3 Å². The first kappa shape index (κ1) is 19.5. The third kappa shape index (κ3) is 3.97. The fraction of sp³-hybridized carbons (Fsp3) is 0.700. The van der Waals surface area contributed by atoms with E-state index in [2.05, 4.69) is 35.7 Å². The Balaban J connectivity index is 1.59. The van der Waals surface area contributed by atoms with Gasteiger partial charge in [0.25, 0.3) is 0 Å². The number of nitrogens with zero attached hydrogens (tertiary/aromatic N) is 3. The number of rotatable bonds is 6. The molecule has 8 heteroatoms. The van der Waals surface area contributed by atoms with Crippen LogP contribution in [0.4, 0.5) is 5.95 Å². The molecule has 2 unspecified atom stereocenters. The second-order valence-electron chi connectivity index (χ2n) is 9.23. The molecule has 0 spiro atoms. The number of ether oxygens (including phenoxy) is 1. The van der Waals surface area contributed by atoms with Crippen LogP contribution in [0.3, 0.4) is 0 Å². The van der Waals surface area contributed by atoms with Crippen molar-refractivity contribution in [2.45, 2.75) is 58.8 Å². The lowest BCUT2D eigenvalue weighted by atomic mass is 9.65. The molecule has 0 aliphatic heterocycles. The summed E-state index contributed by atoms with van der Waals surface area (Å²) in [6.07, 6.45) is 9.05. The average Bonchev–Trinajstić information content (AvgIpc) is 3.38. The van der Waals surface area contributed by atoms with Gasteiger partial charge in [-0.05, 0) is 48.9 Å². The van der Waals surface area contributed by atoms with E-state index in [0.29, 0.717) is 35.4 Å². The third-order valence-corrected chi connectivity index (χ3v) is 7.17. The molecule has 0 aromatic carbocycles. The molecule has 1 N–H and O–H groups in total. The van der Waals surface area contributed by atoms with E-state index in [1.54, 1.807) is 4.40 Å². The molecule has 0 amide bonds. The summed E-state index contributed by atoms with van der Waals surface area (Å²) in [5.74, 6) is 2.71. The van der Waals surface area contributed by atoms with E-state index in [4.69, 9.17) is 4.74 Å². The largest absolute Gasteiger partial charge is 0.493 e. The Morgan fingerprint density at radius 1 is 1.29 bits per heavy atom. The van der Waals surface area contributed by atoms with Crippen molar-refractivity contribution >= 4 is 21.6 Å². The Kier molecular flexibility index (Phi) is 4.80. The van der Waals surface area contributed by atoms with Crippen molar-refractivity contribution in [2.75, 3.05) is 17.6 Å². The molecule has 2 saturated carbocycles. The number of hydrogen-bond acceptors (Lipinski definition) is 5. The van der Waals surface area contributed by atoms with Gasteiger partial charge in [0.15, 0.2) is 5.65 Å². The molecule has 2 atom stereocenters. The Morgan fingerprint density at radius 3 is 2.71 bits per heavy atom. The first-order valence-electron chi connectivity index (χ1n) is 10.1. The van der Waals surface area contributed by atoms with Gasteiger partial charge in [-0.25, -0.2) is 8.42 Å². The van der Waals surface area contributed by atoms with Crippen molar-refractivity contribution < 1.29 is 13.2 Å². The van der Waals surface area contributed by atoms with Crippen LogP contribution in [-0.4, -0.2) is 35.9 Å². The van der Waals surface area contributed by atoms with E-state index < -0.39 is 10.0 Å². The van der Waals surface area contributed by atoms with Gasteiger partial charge in [-0.3, -0.25) is 9.12 Å². The highest BCUT2D eigenvalue weighted by molar-refractivity contribution is 7.91. The Morgan fingerprint density at radius 2 is 2.04 bits per heavy atom. The lowest BCUT2D eigenvalue weighted by Crippen LogP contribution is -2.35. The van der Waals surface area contributed by atoms with Crippen LogP contribution in [0.15, 0.2) is 12.3 Å². The molecule has 2 aliphatic carbocycles. The topological polar surface area (TPSA) is 85.6 Å². The van der Waals surface area contributed by atoms with Crippen LogP contribution in [0.25, 0.3) is 5.65 Å². The molecule has 154 valence electrons. The minimum Gasteiger partial charge on any atom is -0.493 e. The van der Waals surface area contributed by atoms with Crippen molar-refractivity contribution in [3.8, 4) is 5.75 Å². The molecule has 4 rings (SSSR count). The quantitative estimate of drug-likeness (QED) is 0.788. The first-order valence-corrected chi connectivity index (χ1v) is 12.0. The summed E-state index contributed by atoms with van der Waals surface area (Å²) in [5.41, 5.74) is 2.06. The van der Waals surface area contributed by atoms with Crippen LogP contribution < -0.4 is 9.46 Å². The summed E-state index contributed by atoms with van der Waals surface area (Å²) < 4.78 is 33.6. The van der Waals surface area contributed by atoms with Gasteiger partial charge in [0.1, 0.15) is 5.75 Å². The van der Waals surface area contributed by atoms with Crippen molar-refractivity contribution in [1.29, 1.82) is 0 Å². The standard InChI is InChI=1S/C20H30N4O3S/c1-13-15(6-5-9-20(13,2)3)12-27-17-10-18-21-22-19(23-28(4,25)26)24(18)11-16(17)14-7-8-14/h10-11,13-15H,5-9,12H2,1-4H3,(H,22,23). The van der Waals surface area contributed by atoms with Crippen molar-refractivity contribution in [1.82, 2.24) is 14.6 Å². The summed E-state index contributed by atoms with van der Waals surface area (Å²) >= 11 is 0. The van der Waals surface area contributed by atoms with Gasteiger partial charge in [-0.2, -0.15) is 0 Å². The summed E-state index contributed by atoms with van der Waals surface area (Å²) in [4.78, 5) is 0. The van der Waals surface area contributed by atoms with Crippen LogP contribution in [0.2, 0.25) is 0 Å². The highest BCUT2D eigenvalue weighted by Gasteiger charge is 2.36. The smallest absolute Gasteiger partial charge is 0.242 e. The minimum absolute atomic E-state index is 0.216. The van der Waals surface area contributed by atoms with Gasteiger partial charge < -0.3 is 4.74 Å². The van der Waals surface area contributed by atoms with E-state index in [9.17, 15) is 8.42 Å². The lowest BCUT2D eigenvalue weighted by Gasteiger charge is -2.42. The maximum atomic E-state index is 11.6. The zero-order valence-corrected chi connectivity index (χ0v) is 17.9. The molecule has 0 bridgehead atoms. The fourth-order valence-electron chi connectivity index (χ4n) is 4.35. The van der Waals surface area contributed by atoms with Gasteiger partial charge in [-0.15, -0.1) is 10.2 Å². The highest BCUT2D eigenvalue weighted by atomic mass is 32.2. The first-order chi connectivity index (χ1) is 13.1. The average molecular weight is 407 g/mol. The molecule has 7 nitrogen and oxygen atoms in total. The fourth-order valence-corrected chi connectivity index (χ4v) is 4.82. The molecular formula is C20H30N4O3S. The SMILES string of the molecule is CC1C(COc2cc3nnc(NS(C)(=O)=O)n3cc2C2CC2)CCCC1(C)C. The van der Waals surface area contributed by atoms with Gasteiger partial charge in [-0.1, -0.05) is 27.2 Å². The zero-order chi connectivity index (χ0) is 20.1. The second kappa shape index (κ2) is 6.90. The van der Waals surface area contributed by atoms with Crippen molar-refractivity contribution in [3.63, 3.8) is 0 Å². The van der Waals surface area contributed by atoms with Gasteiger partial charge in [0.05, 0.1) is 12.9 Å². The summed E-state index contributed by atoms with van der Waals surface area (Å²) in [6, 6.07) is 1.90. The molecule has 2 aromatic heterocycles. The van der Waals surface area contributed by atoms with Crippen LogP contribution in [0.1, 0.15) is 64.4 Å². The monoisotopic (exact) mass is 406 g/mol. The molecule has 0 saturated heterocycles. The van der Waals surface area contributed by atoms with Gasteiger partial charge in [0, 0.05) is 17.8 Å². The molecule has 2 fully saturated rings. The van der Waals surface area contributed by atoms with Gasteiger partial charge in [0.2, 0.25) is 16.0 Å². The minimum atomic E-state index is -3.41. The van der Waals surface area contributed by atoms with E-state index in [0.717, 1.165) is 30.4 Å². The number of nitrogens with one attached hydrogen (secondary N) is 1. The second-order valence-corrected chi connectivity index (χ2v) is 11.0. The third-order valence-electron chi connectivity index (χ3n) is 6.62. The summed E-state index contributed by atoms with van der Waals surface area (Å²) in [7, 11) is -3.41. The lowest BCUT2D eigenvalue weighted by molar-refractivity contribution is 0.0566. The Bertz CT molecular complexity index is 979. The van der Waals surface area contributed by atoms with Crippen LogP contribution in [0.5, 0.6) is 5.75 Å². The van der Waals surface area contributed by atoms with Crippen molar-refractivity contribution in [3.05, 3.63) is 17.8 Å². The van der Waals surface area contributed by atoms with Crippen LogP contribution in [0, 0.1) is 17.3 Å². The highest BCUT2D eigenvalue weighted by Crippen LogP contribution is 2.46. The maximum Gasteiger partial charge on any atom is 0.242 e. The van der Waals surface area contributed by atoms with E-state index in [-0.39, 0.29) is 5.95 Å².